The fraction of sp³-hybridized carbons (Fsp3) is 0.200. The monoisotopic (exact) mass is 225 g/mol. The quantitative estimate of drug-likeness (QED) is 0.728. The highest BCUT2D eigenvalue weighted by Crippen LogP contribution is 2.17. The maximum Gasteiger partial charge on any atom is 0.341 e. The molecule has 6 heteroatoms. The third kappa shape index (κ3) is 4.32. The van der Waals surface area contributed by atoms with Crippen molar-refractivity contribution in [2.24, 2.45) is 0 Å². The first kappa shape index (κ1) is 11.8. The Labute approximate surface area is 91.0 Å². The van der Waals surface area contributed by atoms with E-state index in [0.717, 1.165) is 0 Å². The van der Waals surface area contributed by atoms with Crippen molar-refractivity contribution in [3.05, 3.63) is 24.3 Å². The number of hydrogen-bond donors (Lipinski definition) is 2. The normalized spacial score (nSPS) is 9.50. The molecule has 1 aromatic carbocycles. The fourth-order valence-corrected chi connectivity index (χ4v) is 0.875. The molecule has 6 nitrogen and oxygen atoms in total. The van der Waals surface area contributed by atoms with Crippen LogP contribution in [0.1, 0.15) is 0 Å². The molecular formula is C10H9O6. The van der Waals surface area contributed by atoms with Crippen LogP contribution in [-0.4, -0.2) is 35.4 Å². The van der Waals surface area contributed by atoms with Gasteiger partial charge in [0.25, 0.3) is 0 Å². The summed E-state index contributed by atoms with van der Waals surface area (Å²) in [4.78, 5) is 20.4. The molecule has 1 rings (SSSR count). The van der Waals surface area contributed by atoms with E-state index in [1.165, 1.54) is 12.1 Å². The van der Waals surface area contributed by atoms with E-state index in [4.69, 9.17) is 19.7 Å². The molecule has 16 heavy (non-hydrogen) atoms. The highest BCUT2D eigenvalue weighted by Gasteiger charge is 2.03. The van der Waals surface area contributed by atoms with E-state index in [2.05, 4.69) is 6.07 Å². The van der Waals surface area contributed by atoms with Crippen LogP contribution in [0.25, 0.3) is 0 Å². The van der Waals surface area contributed by atoms with Gasteiger partial charge in [-0.1, -0.05) is 6.07 Å². The second kappa shape index (κ2) is 5.59. The van der Waals surface area contributed by atoms with Gasteiger partial charge in [-0.15, -0.1) is 0 Å². The molecular weight excluding hydrogens is 216 g/mol. The Balaban J connectivity index is 2.56. The van der Waals surface area contributed by atoms with Gasteiger partial charge in [0.2, 0.25) is 0 Å². The molecule has 0 atom stereocenters. The summed E-state index contributed by atoms with van der Waals surface area (Å²) in [5, 5.41) is 16.7. The zero-order chi connectivity index (χ0) is 12.0. The molecule has 0 aliphatic carbocycles. The Kier molecular flexibility index (Phi) is 4.14. The van der Waals surface area contributed by atoms with Crippen molar-refractivity contribution in [2.75, 3.05) is 13.2 Å². The Hall–Kier alpha value is -2.24. The highest BCUT2D eigenvalue weighted by molar-refractivity contribution is 5.69. The van der Waals surface area contributed by atoms with E-state index >= 15 is 0 Å². The van der Waals surface area contributed by atoms with Gasteiger partial charge < -0.3 is 19.7 Å². The van der Waals surface area contributed by atoms with Gasteiger partial charge in [-0.3, -0.25) is 0 Å². The Morgan fingerprint density at radius 2 is 1.50 bits per heavy atom. The number of carboxylic acid groups (broad SMARTS) is 2. The standard InChI is InChI=1S/C10H9O6/c11-9(12)5-15-7-2-1-3-8(4-7)16-6-10(13)14/h1-3H,5-6H2,(H,11,12)(H,13,14). The molecule has 2 N–H and O–H groups in total. The van der Waals surface area contributed by atoms with Crippen LogP contribution in [0.15, 0.2) is 18.2 Å². The average molecular weight is 225 g/mol. The molecule has 0 unspecified atom stereocenters. The number of carboxylic acids is 2. The second-order valence-electron chi connectivity index (χ2n) is 2.74. The minimum Gasteiger partial charge on any atom is -0.481 e. The molecule has 0 aromatic heterocycles. The minimum absolute atomic E-state index is 0.185. The third-order valence-corrected chi connectivity index (χ3v) is 1.44. The maximum absolute atomic E-state index is 10.2. The Morgan fingerprint density at radius 1 is 1.06 bits per heavy atom. The summed E-state index contributed by atoms with van der Waals surface area (Å²) >= 11 is 0. The van der Waals surface area contributed by atoms with Gasteiger partial charge in [0.1, 0.15) is 11.5 Å². The Bertz CT molecular complexity index is 353. The molecule has 0 saturated heterocycles. The van der Waals surface area contributed by atoms with Crippen LogP contribution in [0, 0.1) is 6.07 Å². The van der Waals surface area contributed by atoms with Gasteiger partial charge in [0.15, 0.2) is 13.2 Å². The van der Waals surface area contributed by atoms with E-state index < -0.39 is 25.2 Å². The van der Waals surface area contributed by atoms with Gasteiger partial charge >= 0.3 is 11.9 Å². The number of carbonyl (C=O) groups is 2. The van der Waals surface area contributed by atoms with Gasteiger partial charge in [-0.2, -0.15) is 0 Å². The van der Waals surface area contributed by atoms with Crippen LogP contribution in [0.2, 0.25) is 0 Å². The van der Waals surface area contributed by atoms with Crippen LogP contribution in [0.4, 0.5) is 0 Å². The first-order valence-electron chi connectivity index (χ1n) is 4.29. The van der Waals surface area contributed by atoms with E-state index in [-0.39, 0.29) is 11.5 Å². The van der Waals surface area contributed by atoms with Crippen LogP contribution in [-0.2, 0) is 9.59 Å². The molecule has 0 aliphatic heterocycles. The molecule has 1 radical (unpaired) electrons. The zero-order valence-electron chi connectivity index (χ0n) is 8.17. The van der Waals surface area contributed by atoms with Crippen LogP contribution >= 0.6 is 0 Å². The van der Waals surface area contributed by atoms with Crippen LogP contribution in [0.3, 0.4) is 0 Å². The summed E-state index contributed by atoms with van der Waals surface area (Å²) in [6.45, 7) is -0.974. The number of aliphatic carboxylic acids is 2. The van der Waals surface area contributed by atoms with Crippen molar-refractivity contribution in [1.29, 1.82) is 0 Å². The fourth-order valence-electron chi connectivity index (χ4n) is 0.875. The highest BCUT2D eigenvalue weighted by atomic mass is 16.5. The lowest BCUT2D eigenvalue weighted by atomic mass is 10.3. The molecule has 85 valence electrons. The maximum atomic E-state index is 10.2. The number of ether oxygens (including phenoxy) is 2. The van der Waals surface area contributed by atoms with E-state index in [9.17, 15) is 9.59 Å². The summed E-state index contributed by atoms with van der Waals surface area (Å²) in [6.07, 6.45) is 0. The third-order valence-electron chi connectivity index (χ3n) is 1.44. The lowest BCUT2D eigenvalue weighted by molar-refractivity contribution is -0.140. The SMILES string of the molecule is O=C(O)COc1[c]c(OCC(=O)O)ccc1. The summed E-state index contributed by atoms with van der Waals surface area (Å²) in [5.74, 6) is -1.84. The van der Waals surface area contributed by atoms with Crippen molar-refractivity contribution in [2.45, 2.75) is 0 Å². The number of hydrogen-bond acceptors (Lipinski definition) is 4. The molecule has 0 amide bonds. The average Bonchev–Trinajstić information content (AvgIpc) is 2.24. The van der Waals surface area contributed by atoms with Crippen molar-refractivity contribution in [3.8, 4) is 11.5 Å². The molecule has 0 bridgehead atoms. The summed E-state index contributed by atoms with van der Waals surface area (Å²) in [5.41, 5.74) is 0. The largest absolute Gasteiger partial charge is 0.481 e. The van der Waals surface area contributed by atoms with Gasteiger partial charge in [0, 0.05) is 0 Å². The van der Waals surface area contributed by atoms with Gasteiger partial charge in [-0.05, 0) is 12.1 Å². The topological polar surface area (TPSA) is 93.1 Å². The first-order chi connectivity index (χ1) is 7.58. The van der Waals surface area contributed by atoms with E-state index in [1.807, 2.05) is 0 Å². The van der Waals surface area contributed by atoms with Crippen molar-refractivity contribution in [1.82, 2.24) is 0 Å². The summed E-state index contributed by atoms with van der Waals surface area (Å²) in [6, 6.07) is 7.12. The van der Waals surface area contributed by atoms with Gasteiger partial charge in [0.05, 0.1) is 6.07 Å². The van der Waals surface area contributed by atoms with Crippen LogP contribution in [0.5, 0.6) is 11.5 Å². The molecule has 0 aliphatic rings. The second-order valence-corrected chi connectivity index (χ2v) is 2.74. The predicted molar refractivity (Wildman–Crippen MR) is 51.5 cm³/mol. The molecule has 0 fully saturated rings. The molecule has 0 saturated carbocycles. The van der Waals surface area contributed by atoms with Gasteiger partial charge in [-0.25, -0.2) is 9.59 Å². The number of benzene rings is 1. The van der Waals surface area contributed by atoms with E-state index in [1.54, 1.807) is 6.07 Å². The lowest BCUT2D eigenvalue weighted by Gasteiger charge is -2.05. The van der Waals surface area contributed by atoms with Crippen molar-refractivity contribution < 1.29 is 29.3 Å². The molecule has 0 spiro atoms. The summed E-state index contributed by atoms with van der Waals surface area (Å²) < 4.78 is 9.66. The minimum atomic E-state index is -1.11. The predicted octanol–water partition coefficient (Wildman–Crippen LogP) is 0.414. The lowest BCUT2D eigenvalue weighted by Crippen LogP contribution is -2.11. The molecule has 0 heterocycles. The van der Waals surface area contributed by atoms with E-state index in [0.29, 0.717) is 0 Å². The Morgan fingerprint density at radius 3 is 1.88 bits per heavy atom. The van der Waals surface area contributed by atoms with Crippen molar-refractivity contribution in [3.63, 3.8) is 0 Å². The molecule has 1 aromatic rings. The zero-order valence-corrected chi connectivity index (χ0v) is 8.17. The van der Waals surface area contributed by atoms with Crippen LogP contribution < -0.4 is 9.47 Å². The number of rotatable bonds is 6. The first-order valence-corrected chi connectivity index (χ1v) is 4.29. The smallest absolute Gasteiger partial charge is 0.341 e. The van der Waals surface area contributed by atoms with Crippen molar-refractivity contribution >= 4 is 11.9 Å². The summed E-state index contributed by atoms with van der Waals surface area (Å²) in [7, 11) is 0.